The van der Waals surface area contributed by atoms with Gasteiger partial charge in [0.2, 0.25) is 6.10 Å². The fraction of sp³-hybridized carbons (Fsp3) is 0.643. The Bertz CT molecular complexity index is 540. The molecule has 0 radical (unpaired) electrons. The summed E-state index contributed by atoms with van der Waals surface area (Å²) in [5, 5.41) is 0. The minimum atomic E-state index is -1.67. The highest BCUT2D eigenvalue weighted by molar-refractivity contribution is 5.80. The minimum absolute atomic E-state index is 0.466. The van der Waals surface area contributed by atoms with Gasteiger partial charge < -0.3 is 23.7 Å². The lowest BCUT2D eigenvalue weighted by Gasteiger charge is -2.30. The lowest BCUT2D eigenvalue weighted by atomic mass is 10.0. The van der Waals surface area contributed by atoms with Crippen LogP contribution in [0.2, 0.25) is 0 Å². The zero-order valence-corrected chi connectivity index (χ0v) is 13.6. The van der Waals surface area contributed by atoms with Crippen molar-refractivity contribution >= 4 is 29.8 Å². The van der Waals surface area contributed by atoms with Gasteiger partial charge in [0.25, 0.3) is 0 Å². The first-order valence-electron chi connectivity index (χ1n) is 6.97. The second-order valence-electron chi connectivity index (χ2n) is 4.96. The molecule has 0 bridgehead atoms. The van der Waals surface area contributed by atoms with E-state index in [0.29, 0.717) is 0 Å². The molecule has 1 aliphatic heterocycles. The number of esters is 5. The summed E-state index contributed by atoms with van der Waals surface area (Å²) in [4.78, 5) is 57.2. The molecule has 134 valence electrons. The average molecular weight is 346 g/mol. The molecular formula is C14H18O10. The van der Waals surface area contributed by atoms with E-state index in [-0.39, 0.29) is 0 Å². The summed E-state index contributed by atoms with van der Waals surface area (Å²) in [6, 6.07) is 0. The monoisotopic (exact) mass is 346 g/mol. The van der Waals surface area contributed by atoms with E-state index in [1.54, 1.807) is 0 Å². The fourth-order valence-electron chi connectivity index (χ4n) is 2.12. The molecule has 0 aromatic carbocycles. The highest BCUT2D eigenvalue weighted by Gasteiger charge is 2.50. The summed E-state index contributed by atoms with van der Waals surface area (Å²) in [6.45, 7) is 3.79. The molecule has 0 amide bonds. The van der Waals surface area contributed by atoms with Crippen LogP contribution in [-0.4, -0.2) is 60.9 Å². The third-order valence-electron chi connectivity index (χ3n) is 2.83. The van der Waals surface area contributed by atoms with Crippen molar-refractivity contribution in [3.63, 3.8) is 0 Å². The second-order valence-corrected chi connectivity index (χ2v) is 4.96. The van der Waals surface area contributed by atoms with Crippen LogP contribution in [0.1, 0.15) is 27.7 Å². The SMILES string of the molecule is CC(=O)O[C@H]1[C@H](OC(C)=O)[C@@H](OC(C)=O)C(=O)OC[C@H]1OC(C)=O. The van der Waals surface area contributed by atoms with Crippen LogP contribution in [0, 0.1) is 0 Å². The second kappa shape index (κ2) is 8.27. The molecule has 1 fully saturated rings. The molecule has 0 saturated carbocycles. The van der Waals surface area contributed by atoms with Gasteiger partial charge in [-0.3, -0.25) is 19.2 Å². The van der Waals surface area contributed by atoms with Gasteiger partial charge in [0.05, 0.1) is 0 Å². The molecule has 1 saturated heterocycles. The van der Waals surface area contributed by atoms with Crippen LogP contribution in [0.3, 0.4) is 0 Å². The molecule has 0 unspecified atom stereocenters. The molecule has 0 spiro atoms. The lowest BCUT2D eigenvalue weighted by molar-refractivity contribution is -0.194. The van der Waals surface area contributed by atoms with Gasteiger partial charge in [-0.25, -0.2) is 4.79 Å². The van der Waals surface area contributed by atoms with E-state index in [1.165, 1.54) is 0 Å². The number of carbonyl (C=O) groups is 5. The summed E-state index contributed by atoms with van der Waals surface area (Å²) < 4.78 is 24.7. The Morgan fingerprint density at radius 1 is 0.792 bits per heavy atom. The van der Waals surface area contributed by atoms with E-state index >= 15 is 0 Å². The first kappa shape index (κ1) is 19.4. The molecule has 10 heteroatoms. The van der Waals surface area contributed by atoms with Crippen molar-refractivity contribution in [3.05, 3.63) is 0 Å². The van der Waals surface area contributed by atoms with Gasteiger partial charge in [-0.1, -0.05) is 0 Å². The number of hydrogen-bond donors (Lipinski definition) is 0. The lowest BCUT2D eigenvalue weighted by Crippen LogP contribution is -2.52. The van der Waals surface area contributed by atoms with E-state index in [1.807, 2.05) is 0 Å². The number of carbonyl (C=O) groups excluding carboxylic acids is 5. The summed E-state index contributed by atoms with van der Waals surface area (Å²) in [6.07, 6.45) is -5.84. The topological polar surface area (TPSA) is 132 Å². The number of hydrogen-bond acceptors (Lipinski definition) is 10. The van der Waals surface area contributed by atoms with Gasteiger partial charge in [-0.2, -0.15) is 0 Å². The predicted octanol–water partition coefficient (Wildman–Crippen LogP) is -0.730. The van der Waals surface area contributed by atoms with Crippen LogP contribution < -0.4 is 0 Å². The van der Waals surface area contributed by atoms with E-state index < -0.39 is 60.9 Å². The summed E-state index contributed by atoms with van der Waals surface area (Å²) in [5.41, 5.74) is 0. The van der Waals surface area contributed by atoms with Crippen molar-refractivity contribution in [2.75, 3.05) is 6.61 Å². The Morgan fingerprint density at radius 2 is 1.25 bits per heavy atom. The number of rotatable bonds is 4. The molecule has 4 atom stereocenters. The predicted molar refractivity (Wildman–Crippen MR) is 73.2 cm³/mol. The zero-order chi connectivity index (χ0) is 18.4. The molecule has 0 aliphatic carbocycles. The van der Waals surface area contributed by atoms with Crippen molar-refractivity contribution in [2.45, 2.75) is 52.1 Å². The van der Waals surface area contributed by atoms with E-state index in [9.17, 15) is 24.0 Å². The molecule has 0 aromatic rings. The molecule has 0 aromatic heterocycles. The molecule has 1 aliphatic rings. The van der Waals surface area contributed by atoms with Crippen LogP contribution in [-0.2, 0) is 47.7 Å². The standard InChI is InChI=1S/C14H18O10/c1-6(15)21-10-5-20-14(19)13(24-9(4)18)12(23-8(3)17)11(10)22-7(2)16/h10-13H,5H2,1-4H3/t10-,11-,12+,13-/m1/s1. The molecule has 10 nitrogen and oxygen atoms in total. The van der Waals surface area contributed by atoms with Gasteiger partial charge in [0.15, 0.2) is 18.3 Å². The van der Waals surface area contributed by atoms with Gasteiger partial charge in [-0.05, 0) is 0 Å². The van der Waals surface area contributed by atoms with Crippen LogP contribution in [0.5, 0.6) is 0 Å². The van der Waals surface area contributed by atoms with Gasteiger partial charge >= 0.3 is 29.8 Å². The highest BCUT2D eigenvalue weighted by atomic mass is 16.7. The maximum atomic E-state index is 12.0. The first-order valence-corrected chi connectivity index (χ1v) is 6.97. The average Bonchev–Trinajstić information content (AvgIpc) is 2.52. The normalized spacial score (nSPS) is 26.4. The maximum Gasteiger partial charge on any atom is 0.351 e. The van der Waals surface area contributed by atoms with Crippen molar-refractivity contribution in [1.82, 2.24) is 0 Å². The van der Waals surface area contributed by atoms with Crippen LogP contribution >= 0.6 is 0 Å². The van der Waals surface area contributed by atoms with Crippen LogP contribution in [0.4, 0.5) is 0 Å². The zero-order valence-electron chi connectivity index (χ0n) is 13.6. The largest absolute Gasteiger partial charge is 0.459 e. The van der Waals surface area contributed by atoms with Crippen molar-refractivity contribution in [3.8, 4) is 0 Å². The molecule has 24 heavy (non-hydrogen) atoms. The van der Waals surface area contributed by atoms with Crippen molar-refractivity contribution < 1.29 is 47.7 Å². The Kier molecular flexibility index (Phi) is 6.69. The van der Waals surface area contributed by atoms with E-state index in [2.05, 4.69) is 0 Å². The highest BCUT2D eigenvalue weighted by Crippen LogP contribution is 2.23. The molecule has 1 rings (SSSR count). The Morgan fingerprint density at radius 3 is 1.71 bits per heavy atom. The summed E-state index contributed by atoms with van der Waals surface area (Å²) in [5.74, 6) is -4.22. The molecule has 0 N–H and O–H groups in total. The van der Waals surface area contributed by atoms with E-state index in [0.717, 1.165) is 27.7 Å². The Labute approximate surface area is 137 Å². The summed E-state index contributed by atoms with van der Waals surface area (Å²) >= 11 is 0. The fourth-order valence-corrected chi connectivity index (χ4v) is 2.12. The van der Waals surface area contributed by atoms with Crippen LogP contribution in [0.15, 0.2) is 0 Å². The number of cyclic esters (lactones) is 1. The van der Waals surface area contributed by atoms with Gasteiger partial charge in [0, 0.05) is 27.7 Å². The summed E-state index contributed by atoms with van der Waals surface area (Å²) in [7, 11) is 0. The molecular weight excluding hydrogens is 328 g/mol. The minimum Gasteiger partial charge on any atom is -0.459 e. The molecule has 1 heterocycles. The van der Waals surface area contributed by atoms with Crippen molar-refractivity contribution in [2.24, 2.45) is 0 Å². The first-order chi connectivity index (χ1) is 11.1. The van der Waals surface area contributed by atoms with E-state index in [4.69, 9.17) is 23.7 Å². The smallest absolute Gasteiger partial charge is 0.351 e. The number of ether oxygens (including phenoxy) is 5. The Balaban J connectivity index is 3.27. The third kappa shape index (κ3) is 5.52. The van der Waals surface area contributed by atoms with Gasteiger partial charge in [0.1, 0.15) is 6.61 Å². The van der Waals surface area contributed by atoms with Crippen molar-refractivity contribution in [1.29, 1.82) is 0 Å². The third-order valence-corrected chi connectivity index (χ3v) is 2.83. The van der Waals surface area contributed by atoms with Gasteiger partial charge in [-0.15, -0.1) is 0 Å². The quantitative estimate of drug-likeness (QED) is 0.474. The van der Waals surface area contributed by atoms with Crippen LogP contribution in [0.25, 0.3) is 0 Å². The maximum absolute atomic E-state index is 12.0. The Hall–Kier alpha value is -2.65.